The van der Waals surface area contributed by atoms with Crippen LogP contribution in [0.25, 0.3) is 0 Å². The zero-order chi connectivity index (χ0) is 13.8. The van der Waals surface area contributed by atoms with Crippen LogP contribution in [0.4, 0.5) is 10.1 Å². The van der Waals surface area contributed by atoms with Gasteiger partial charge in [0.1, 0.15) is 5.82 Å². The highest BCUT2D eigenvalue weighted by molar-refractivity contribution is 6.42. The predicted octanol–water partition coefficient (Wildman–Crippen LogP) is 5.70. The van der Waals surface area contributed by atoms with Crippen LogP contribution < -0.4 is 5.32 Å². The molecule has 1 nitrogen and oxygen atoms in total. The van der Waals surface area contributed by atoms with E-state index < -0.39 is 0 Å². The van der Waals surface area contributed by atoms with E-state index in [1.807, 2.05) is 19.1 Å². The maximum atomic E-state index is 13.8. The molecule has 0 bridgehead atoms. The van der Waals surface area contributed by atoms with Crippen molar-refractivity contribution in [2.45, 2.75) is 19.4 Å². The lowest BCUT2D eigenvalue weighted by molar-refractivity contribution is 0.587. The van der Waals surface area contributed by atoms with Crippen molar-refractivity contribution in [1.29, 1.82) is 0 Å². The molecular weight excluding hydrogens is 284 g/mol. The third-order valence-corrected chi connectivity index (χ3v) is 3.69. The van der Waals surface area contributed by atoms with Gasteiger partial charge in [0.05, 0.1) is 16.1 Å². The van der Waals surface area contributed by atoms with Gasteiger partial charge in [-0.2, -0.15) is 0 Å². The largest absolute Gasteiger partial charge is 0.378 e. The first-order valence-electron chi connectivity index (χ1n) is 6.08. The van der Waals surface area contributed by atoms with Crippen LogP contribution in [0.3, 0.4) is 0 Å². The quantitative estimate of drug-likeness (QED) is 0.764. The zero-order valence-electron chi connectivity index (χ0n) is 10.5. The highest BCUT2D eigenvalue weighted by Crippen LogP contribution is 2.29. The second-order valence-electron chi connectivity index (χ2n) is 4.26. The Morgan fingerprint density at radius 3 is 2.47 bits per heavy atom. The van der Waals surface area contributed by atoms with Gasteiger partial charge in [-0.1, -0.05) is 48.3 Å². The first kappa shape index (κ1) is 14.2. The van der Waals surface area contributed by atoms with Crippen molar-refractivity contribution in [3.8, 4) is 0 Å². The molecule has 4 heteroatoms. The molecule has 0 aromatic heterocycles. The Hall–Kier alpha value is -1.25. The first-order chi connectivity index (χ1) is 9.11. The lowest BCUT2D eigenvalue weighted by atomic mass is 10.0. The van der Waals surface area contributed by atoms with Crippen LogP contribution in [0.15, 0.2) is 42.5 Å². The number of hydrogen-bond donors (Lipinski definition) is 1. The molecule has 2 rings (SSSR count). The van der Waals surface area contributed by atoms with E-state index in [4.69, 9.17) is 23.2 Å². The molecule has 0 spiro atoms. The molecule has 0 fully saturated rings. The molecule has 2 aromatic carbocycles. The average Bonchev–Trinajstić information content (AvgIpc) is 2.41. The Balaban J connectivity index is 2.24. The molecule has 19 heavy (non-hydrogen) atoms. The molecule has 0 radical (unpaired) electrons. The summed E-state index contributed by atoms with van der Waals surface area (Å²) < 4.78 is 13.8. The fraction of sp³-hybridized carbons (Fsp3) is 0.200. The summed E-state index contributed by atoms with van der Waals surface area (Å²) in [4.78, 5) is 0. The summed E-state index contributed by atoms with van der Waals surface area (Å²) in [6, 6.07) is 12.0. The Morgan fingerprint density at radius 1 is 1.11 bits per heavy atom. The summed E-state index contributed by atoms with van der Waals surface area (Å²) in [6.07, 6.45) is 0.765. The molecule has 100 valence electrons. The Labute approximate surface area is 122 Å². The number of nitrogens with one attached hydrogen (secondary N) is 1. The van der Waals surface area contributed by atoms with Gasteiger partial charge in [-0.05, 0) is 30.7 Å². The van der Waals surface area contributed by atoms with Gasteiger partial charge in [-0.3, -0.25) is 0 Å². The lowest BCUT2D eigenvalue weighted by Crippen LogP contribution is -2.11. The molecule has 0 aliphatic carbocycles. The summed E-state index contributed by atoms with van der Waals surface area (Å²) in [7, 11) is 0. The summed E-state index contributed by atoms with van der Waals surface area (Å²) in [5.74, 6) is -0.207. The van der Waals surface area contributed by atoms with Gasteiger partial charge in [-0.25, -0.2) is 4.39 Å². The van der Waals surface area contributed by atoms with E-state index in [0.717, 1.165) is 12.1 Å². The van der Waals surface area contributed by atoms with E-state index >= 15 is 0 Å². The van der Waals surface area contributed by atoms with Gasteiger partial charge in [0.2, 0.25) is 0 Å². The molecule has 0 aliphatic heterocycles. The van der Waals surface area contributed by atoms with Crippen LogP contribution in [-0.4, -0.2) is 0 Å². The summed E-state index contributed by atoms with van der Waals surface area (Å²) >= 11 is 11.8. The third kappa shape index (κ3) is 3.40. The number of hydrogen-bond acceptors (Lipinski definition) is 1. The molecule has 0 saturated heterocycles. The maximum absolute atomic E-state index is 13.8. The zero-order valence-corrected chi connectivity index (χ0v) is 12.0. The number of halogens is 3. The summed E-state index contributed by atoms with van der Waals surface area (Å²) in [5.41, 5.74) is 1.47. The van der Waals surface area contributed by atoms with Crippen LogP contribution in [0.5, 0.6) is 0 Å². The predicted molar refractivity (Wildman–Crippen MR) is 79.5 cm³/mol. The van der Waals surface area contributed by atoms with Crippen LogP contribution in [0.2, 0.25) is 10.0 Å². The van der Waals surface area contributed by atoms with Crippen molar-refractivity contribution in [2.75, 3.05) is 5.32 Å². The molecule has 1 unspecified atom stereocenters. The number of anilines is 1. The van der Waals surface area contributed by atoms with E-state index in [1.165, 1.54) is 6.07 Å². The van der Waals surface area contributed by atoms with Crippen molar-refractivity contribution in [3.63, 3.8) is 0 Å². The fourth-order valence-corrected chi connectivity index (χ4v) is 2.24. The Morgan fingerprint density at radius 2 is 1.84 bits per heavy atom. The van der Waals surface area contributed by atoms with Crippen molar-refractivity contribution < 1.29 is 4.39 Å². The molecule has 0 amide bonds. The van der Waals surface area contributed by atoms with E-state index in [9.17, 15) is 4.39 Å². The third-order valence-electron chi connectivity index (χ3n) is 2.95. The van der Waals surface area contributed by atoms with Crippen LogP contribution in [0.1, 0.15) is 24.9 Å². The van der Waals surface area contributed by atoms with Crippen LogP contribution in [-0.2, 0) is 0 Å². The number of benzene rings is 2. The summed E-state index contributed by atoms with van der Waals surface area (Å²) in [6.45, 7) is 2.00. The highest BCUT2D eigenvalue weighted by atomic mass is 35.5. The summed E-state index contributed by atoms with van der Waals surface area (Å²) in [5, 5.41) is 4.26. The smallest absolute Gasteiger partial charge is 0.128 e. The molecule has 1 atom stereocenters. The fourth-order valence-electron chi connectivity index (χ4n) is 1.94. The minimum Gasteiger partial charge on any atom is -0.378 e. The van der Waals surface area contributed by atoms with Crippen LogP contribution in [0, 0.1) is 5.82 Å². The molecule has 1 N–H and O–H groups in total. The van der Waals surface area contributed by atoms with Gasteiger partial charge < -0.3 is 5.32 Å². The Kier molecular flexibility index (Phi) is 4.67. The van der Waals surface area contributed by atoms with Gasteiger partial charge in [0, 0.05) is 11.3 Å². The normalized spacial score (nSPS) is 12.2. The number of rotatable bonds is 4. The minimum absolute atomic E-state index is 0.0987. The monoisotopic (exact) mass is 297 g/mol. The van der Waals surface area contributed by atoms with E-state index in [-0.39, 0.29) is 11.9 Å². The van der Waals surface area contributed by atoms with E-state index in [2.05, 4.69) is 5.32 Å². The van der Waals surface area contributed by atoms with Gasteiger partial charge in [0.25, 0.3) is 0 Å². The second-order valence-corrected chi connectivity index (χ2v) is 5.07. The van der Waals surface area contributed by atoms with E-state index in [0.29, 0.717) is 15.6 Å². The van der Waals surface area contributed by atoms with Gasteiger partial charge >= 0.3 is 0 Å². The molecule has 0 saturated carbocycles. The minimum atomic E-state index is -0.207. The SMILES string of the molecule is CCC(Nc1ccc(Cl)c(Cl)c1)c1ccccc1F. The topological polar surface area (TPSA) is 12.0 Å². The van der Waals surface area contributed by atoms with Gasteiger partial charge in [0.15, 0.2) is 0 Å². The lowest BCUT2D eigenvalue weighted by Gasteiger charge is -2.19. The second kappa shape index (κ2) is 6.27. The van der Waals surface area contributed by atoms with Crippen molar-refractivity contribution in [2.24, 2.45) is 0 Å². The van der Waals surface area contributed by atoms with Crippen molar-refractivity contribution >= 4 is 28.9 Å². The highest BCUT2D eigenvalue weighted by Gasteiger charge is 2.13. The molecule has 2 aromatic rings. The van der Waals surface area contributed by atoms with Crippen molar-refractivity contribution in [1.82, 2.24) is 0 Å². The first-order valence-corrected chi connectivity index (χ1v) is 6.83. The molecule has 0 heterocycles. The molecular formula is C15H14Cl2FN. The standard InChI is InChI=1S/C15H14Cl2FN/c1-2-15(11-5-3-4-6-14(11)18)19-10-7-8-12(16)13(17)9-10/h3-9,15,19H,2H2,1H3. The van der Waals surface area contributed by atoms with Crippen LogP contribution >= 0.6 is 23.2 Å². The van der Waals surface area contributed by atoms with Gasteiger partial charge in [-0.15, -0.1) is 0 Å². The van der Waals surface area contributed by atoms with Crippen molar-refractivity contribution in [3.05, 3.63) is 63.9 Å². The average molecular weight is 298 g/mol. The molecule has 0 aliphatic rings. The van der Waals surface area contributed by atoms with E-state index in [1.54, 1.807) is 24.3 Å². The Bertz CT molecular complexity index is 572. The maximum Gasteiger partial charge on any atom is 0.128 e.